The van der Waals surface area contributed by atoms with Crippen molar-refractivity contribution < 1.29 is 19.4 Å². The number of carbonyl (C=O) groups excluding carboxylic acids is 2. The van der Waals surface area contributed by atoms with Crippen LogP contribution in [0.25, 0.3) is 0 Å². The summed E-state index contributed by atoms with van der Waals surface area (Å²) in [6, 6.07) is 11.8. The normalized spacial score (nSPS) is 9.86. The number of hydrogen-bond acceptors (Lipinski definition) is 4. The Labute approximate surface area is 127 Å². The highest BCUT2D eigenvalue weighted by atomic mass is 16.5. The molecule has 0 spiro atoms. The van der Waals surface area contributed by atoms with Gasteiger partial charge in [-0.15, -0.1) is 0 Å². The Balaban J connectivity index is 2.05. The average Bonchev–Trinajstić information content (AvgIpc) is 2.55. The van der Waals surface area contributed by atoms with E-state index in [4.69, 9.17) is 4.74 Å². The van der Waals surface area contributed by atoms with E-state index in [0.29, 0.717) is 13.0 Å². The third kappa shape index (κ3) is 3.54. The number of amides is 2. The summed E-state index contributed by atoms with van der Waals surface area (Å²) in [5.74, 6) is 0.0463. The van der Waals surface area contributed by atoms with Crippen LogP contribution < -0.4 is 15.4 Å². The zero-order valence-electron chi connectivity index (χ0n) is 12.0. The molecule has 2 aromatic carbocycles. The maximum Gasteiger partial charge on any atom is 0.255 e. The monoisotopic (exact) mass is 300 g/mol. The fraction of sp³-hybridized carbons (Fsp3) is 0.125. The minimum atomic E-state index is -0.428. The van der Waals surface area contributed by atoms with Gasteiger partial charge in [-0.3, -0.25) is 9.59 Å². The molecule has 0 unspecified atom stereocenters. The second kappa shape index (κ2) is 7.12. The Kier molecular flexibility index (Phi) is 4.98. The summed E-state index contributed by atoms with van der Waals surface area (Å²) < 4.78 is 5.06. The summed E-state index contributed by atoms with van der Waals surface area (Å²) in [4.78, 5) is 22.5. The molecule has 0 radical (unpaired) electrons. The number of para-hydroxylation sites is 1. The van der Waals surface area contributed by atoms with Crippen LogP contribution in [0.3, 0.4) is 0 Å². The number of benzene rings is 2. The molecule has 22 heavy (non-hydrogen) atoms. The third-order valence-corrected chi connectivity index (χ3v) is 3.11. The van der Waals surface area contributed by atoms with Crippen molar-refractivity contribution in [2.24, 2.45) is 0 Å². The first kappa shape index (κ1) is 15.4. The van der Waals surface area contributed by atoms with Gasteiger partial charge >= 0.3 is 0 Å². The van der Waals surface area contributed by atoms with Gasteiger partial charge in [0, 0.05) is 6.54 Å². The van der Waals surface area contributed by atoms with Crippen molar-refractivity contribution >= 4 is 18.0 Å². The quantitative estimate of drug-likeness (QED) is 0.561. The molecule has 0 saturated heterocycles. The fourth-order valence-electron chi connectivity index (χ4n) is 1.93. The third-order valence-electron chi connectivity index (χ3n) is 3.11. The SMILES string of the molecule is COc1ccc(CNC(=O)c2cccc(NC=O)c2O)cc1. The summed E-state index contributed by atoms with van der Waals surface area (Å²) in [5, 5.41) is 15.0. The van der Waals surface area contributed by atoms with Gasteiger partial charge in [0.1, 0.15) is 5.75 Å². The number of phenolic OH excluding ortho intramolecular Hbond substituents is 1. The van der Waals surface area contributed by atoms with E-state index in [-0.39, 0.29) is 17.0 Å². The largest absolute Gasteiger partial charge is 0.505 e. The molecule has 0 aromatic heterocycles. The maximum absolute atomic E-state index is 12.1. The van der Waals surface area contributed by atoms with E-state index < -0.39 is 5.91 Å². The van der Waals surface area contributed by atoms with Crippen LogP contribution in [0.15, 0.2) is 42.5 Å². The summed E-state index contributed by atoms with van der Waals surface area (Å²) in [7, 11) is 1.58. The van der Waals surface area contributed by atoms with E-state index in [0.717, 1.165) is 11.3 Å². The van der Waals surface area contributed by atoms with E-state index in [9.17, 15) is 14.7 Å². The zero-order chi connectivity index (χ0) is 15.9. The summed E-state index contributed by atoms with van der Waals surface area (Å²) in [6.07, 6.45) is 0.439. The highest BCUT2D eigenvalue weighted by molar-refractivity contribution is 5.99. The first-order chi connectivity index (χ1) is 10.7. The van der Waals surface area contributed by atoms with Crippen molar-refractivity contribution in [1.82, 2.24) is 5.32 Å². The maximum atomic E-state index is 12.1. The highest BCUT2D eigenvalue weighted by Crippen LogP contribution is 2.26. The molecule has 2 amide bonds. The van der Waals surface area contributed by atoms with Crippen molar-refractivity contribution in [3.8, 4) is 11.5 Å². The van der Waals surface area contributed by atoms with Crippen LogP contribution >= 0.6 is 0 Å². The lowest BCUT2D eigenvalue weighted by atomic mass is 10.1. The molecule has 6 heteroatoms. The molecule has 0 heterocycles. The fourth-order valence-corrected chi connectivity index (χ4v) is 1.93. The van der Waals surface area contributed by atoms with Crippen molar-refractivity contribution in [2.45, 2.75) is 6.54 Å². The lowest BCUT2D eigenvalue weighted by Gasteiger charge is -2.10. The van der Waals surface area contributed by atoms with Crippen LogP contribution in [-0.4, -0.2) is 24.5 Å². The van der Waals surface area contributed by atoms with Crippen LogP contribution in [-0.2, 0) is 11.3 Å². The van der Waals surface area contributed by atoms with Crippen LogP contribution in [0.1, 0.15) is 15.9 Å². The molecule has 0 aliphatic heterocycles. The second-order valence-corrected chi connectivity index (χ2v) is 4.49. The predicted octanol–water partition coefficient (Wildman–Crippen LogP) is 1.90. The Morgan fingerprint density at radius 1 is 1.23 bits per heavy atom. The standard InChI is InChI=1S/C16H16N2O4/c1-22-12-7-5-11(6-8-12)9-17-16(21)13-3-2-4-14(15(13)20)18-10-19/h2-8,10,20H,9H2,1H3,(H,17,21)(H,18,19). The number of anilines is 1. The number of hydrogen-bond donors (Lipinski definition) is 3. The summed E-state index contributed by atoms with van der Waals surface area (Å²) >= 11 is 0. The van der Waals surface area contributed by atoms with Gasteiger partial charge in [0.05, 0.1) is 18.4 Å². The van der Waals surface area contributed by atoms with E-state index in [1.165, 1.54) is 12.1 Å². The van der Waals surface area contributed by atoms with Gasteiger partial charge in [-0.2, -0.15) is 0 Å². The van der Waals surface area contributed by atoms with Crippen molar-refractivity contribution in [2.75, 3.05) is 12.4 Å². The molecule has 0 bridgehead atoms. The molecule has 3 N–H and O–H groups in total. The van der Waals surface area contributed by atoms with Gasteiger partial charge in [0.15, 0.2) is 5.75 Å². The number of aromatic hydroxyl groups is 1. The first-order valence-electron chi connectivity index (χ1n) is 6.59. The van der Waals surface area contributed by atoms with Crippen molar-refractivity contribution in [3.63, 3.8) is 0 Å². The number of rotatable bonds is 6. The smallest absolute Gasteiger partial charge is 0.255 e. The average molecular weight is 300 g/mol. The molecule has 6 nitrogen and oxygen atoms in total. The Bertz CT molecular complexity index is 668. The van der Waals surface area contributed by atoms with Gasteiger partial charge in [0.2, 0.25) is 6.41 Å². The molecule has 114 valence electrons. The molecule has 0 aliphatic rings. The molecule has 2 aromatic rings. The number of ether oxygens (including phenoxy) is 1. The van der Waals surface area contributed by atoms with Crippen molar-refractivity contribution in [1.29, 1.82) is 0 Å². The number of methoxy groups -OCH3 is 1. The lowest BCUT2D eigenvalue weighted by Crippen LogP contribution is -2.23. The van der Waals surface area contributed by atoms with Crippen LogP contribution in [0.2, 0.25) is 0 Å². The predicted molar refractivity (Wildman–Crippen MR) is 82.0 cm³/mol. The minimum Gasteiger partial charge on any atom is -0.505 e. The van der Waals surface area contributed by atoms with Crippen LogP contribution in [0.4, 0.5) is 5.69 Å². The molecular formula is C16H16N2O4. The first-order valence-corrected chi connectivity index (χ1v) is 6.59. The lowest BCUT2D eigenvalue weighted by molar-refractivity contribution is -0.105. The van der Waals surface area contributed by atoms with E-state index >= 15 is 0 Å². The molecule has 0 saturated carbocycles. The van der Waals surface area contributed by atoms with Gasteiger partial charge in [-0.1, -0.05) is 18.2 Å². The minimum absolute atomic E-state index is 0.0976. The highest BCUT2D eigenvalue weighted by Gasteiger charge is 2.13. The van der Waals surface area contributed by atoms with Crippen LogP contribution in [0, 0.1) is 0 Å². The summed E-state index contributed by atoms with van der Waals surface area (Å²) in [6.45, 7) is 0.313. The Morgan fingerprint density at radius 2 is 1.95 bits per heavy atom. The Hall–Kier alpha value is -3.02. The molecule has 0 fully saturated rings. The number of phenols is 1. The zero-order valence-corrected chi connectivity index (χ0v) is 12.0. The molecule has 0 atom stereocenters. The van der Waals surface area contributed by atoms with Crippen LogP contribution in [0.5, 0.6) is 11.5 Å². The van der Waals surface area contributed by atoms with E-state index in [2.05, 4.69) is 10.6 Å². The second-order valence-electron chi connectivity index (χ2n) is 4.49. The van der Waals surface area contributed by atoms with Crippen molar-refractivity contribution in [3.05, 3.63) is 53.6 Å². The molecule has 0 aliphatic carbocycles. The topological polar surface area (TPSA) is 87.7 Å². The molecular weight excluding hydrogens is 284 g/mol. The van der Waals surface area contributed by atoms with Gasteiger partial charge < -0.3 is 20.5 Å². The van der Waals surface area contributed by atoms with Gasteiger partial charge in [-0.25, -0.2) is 0 Å². The summed E-state index contributed by atoms with van der Waals surface area (Å²) in [5.41, 5.74) is 1.18. The number of nitrogens with one attached hydrogen (secondary N) is 2. The van der Waals surface area contributed by atoms with E-state index in [1.54, 1.807) is 25.3 Å². The van der Waals surface area contributed by atoms with Gasteiger partial charge in [-0.05, 0) is 29.8 Å². The number of carbonyl (C=O) groups is 2. The van der Waals surface area contributed by atoms with E-state index in [1.807, 2.05) is 12.1 Å². The Morgan fingerprint density at radius 3 is 2.59 bits per heavy atom. The van der Waals surface area contributed by atoms with Gasteiger partial charge in [0.25, 0.3) is 5.91 Å². The molecule has 2 rings (SSSR count).